The molecule has 7 nitrogen and oxygen atoms in total. The maximum Gasteiger partial charge on any atom is 0.271 e. The predicted octanol–water partition coefficient (Wildman–Crippen LogP) is 2.06. The molecule has 0 saturated heterocycles. The Balaban J connectivity index is 1.65. The molecule has 0 aliphatic heterocycles. The lowest BCUT2D eigenvalue weighted by molar-refractivity contribution is 0.0942. The van der Waals surface area contributed by atoms with E-state index in [0.29, 0.717) is 23.6 Å². The van der Waals surface area contributed by atoms with E-state index >= 15 is 0 Å². The smallest absolute Gasteiger partial charge is 0.271 e. The summed E-state index contributed by atoms with van der Waals surface area (Å²) in [5.41, 5.74) is 12.9. The van der Waals surface area contributed by atoms with Crippen LogP contribution in [0.3, 0.4) is 0 Å². The topological polar surface area (TPSA) is 124 Å². The van der Waals surface area contributed by atoms with Gasteiger partial charge in [-0.1, -0.05) is 31.4 Å². The van der Waals surface area contributed by atoms with Crippen molar-refractivity contribution in [3.63, 3.8) is 0 Å². The van der Waals surface area contributed by atoms with Crippen molar-refractivity contribution in [3.05, 3.63) is 53.0 Å². The van der Waals surface area contributed by atoms with Crippen LogP contribution in [0.5, 0.6) is 0 Å². The van der Waals surface area contributed by atoms with Gasteiger partial charge in [0.1, 0.15) is 0 Å². The van der Waals surface area contributed by atoms with Crippen molar-refractivity contribution >= 4 is 17.6 Å². The molecule has 142 valence electrons. The molecule has 2 amide bonds. The van der Waals surface area contributed by atoms with Crippen molar-refractivity contribution in [2.75, 3.05) is 12.3 Å². The highest BCUT2D eigenvalue weighted by molar-refractivity contribution is 5.95. The Bertz CT molecular complexity index is 831. The molecule has 1 fully saturated rings. The fourth-order valence-electron chi connectivity index (χ4n) is 3.46. The van der Waals surface area contributed by atoms with Gasteiger partial charge in [0.05, 0.1) is 11.9 Å². The van der Waals surface area contributed by atoms with Crippen LogP contribution in [0.4, 0.5) is 5.82 Å². The minimum absolute atomic E-state index is 0.0158. The molecule has 5 N–H and O–H groups in total. The van der Waals surface area contributed by atoms with Crippen LogP contribution in [-0.2, 0) is 6.42 Å². The highest BCUT2D eigenvalue weighted by Crippen LogP contribution is 2.23. The first-order valence-corrected chi connectivity index (χ1v) is 9.31. The van der Waals surface area contributed by atoms with Gasteiger partial charge in [-0.05, 0) is 36.5 Å². The molecule has 1 heterocycles. The first-order valence-electron chi connectivity index (χ1n) is 9.31. The third-order valence-electron chi connectivity index (χ3n) is 4.93. The van der Waals surface area contributed by atoms with Crippen LogP contribution in [0.1, 0.15) is 64.2 Å². The van der Waals surface area contributed by atoms with E-state index in [1.54, 1.807) is 6.07 Å². The molecule has 0 radical (unpaired) electrons. The minimum atomic E-state index is -0.710. The standard InChI is InChI=1S/C20H25N5O2/c21-18-17(19(22)26)25-16(12-23-18)10-14-7-4-8-15(9-14)20(27)24-11-13-5-2-1-3-6-13/h4,7-9,12-13H,1-3,5-6,10-11H2,(H2,21,23)(H2,22,26)(H,24,27). The number of nitrogens with one attached hydrogen (secondary N) is 1. The number of nitrogens with two attached hydrogens (primary N) is 2. The lowest BCUT2D eigenvalue weighted by Crippen LogP contribution is -2.30. The molecule has 0 bridgehead atoms. The molecule has 0 spiro atoms. The summed E-state index contributed by atoms with van der Waals surface area (Å²) >= 11 is 0. The monoisotopic (exact) mass is 367 g/mol. The van der Waals surface area contributed by atoms with E-state index in [1.807, 2.05) is 18.2 Å². The van der Waals surface area contributed by atoms with E-state index in [1.165, 1.54) is 38.3 Å². The van der Waals surface area contributed by atoms with Crippen molar-refractivity contribution in [3.8, 4) is 0 Å². The number of hydrogen-bond acceptors (Lipinski definition) is 5. The summed E-state index contributed by atoms with van der Waals surface area (Å²) < 4.78 is 0. The van der Waals surface area contributed by atoms with Gasteiger partial charge < -0.3 is 16.8 Å². The third kappa shape index (κ3) is 5.03. The number of amides is 2. The van der Waals surface area contributed by atoms with Crippen LogP contribution in [0, 0.1) is 5.92 Å². The van der Waals surface area contributed by atoms with Crippen LogP contribution in [0.25, 0.3) is 0 Å². The molecule has 1 aliphatic rings. The summed E-state index contributed by atoms with van der Waals surface area (Å²) in [5.74, 6) is -0.174. The number of carbonyl (C=O) groups excluding carboxylic acids is 2. The van der Waals surface area contributed by atoms with Crippen LogP contribution < -0.4 is 16.8 Å². The summed E-state index contributed by atoms with van der Waals surface area (Å²) in [7, 11) is 0. The maximum atomic E-state index is 12.5. The highest BCUT2D eigenvalue weighted by Gasteiger charge is 2.15. The normalized spacial score (nSPS) is 14.7. The second kappa shape index (κ2) is 8.62. The van der Waals surface area contributed by atoms with Gasteiger partial charge in [-0.15, -0.1) is 0 Å². The van der Waals surface area contributed by atoms with Gasteiger partial charge in [-0.2, -0.15) is 0 Å². The molecule has 0 atom stereocenters. The first-order chi connectivity index (χ1) is 13.0. The molecule has 1 aromatic heterocycles. The number of rotatable bonds is 6. The fraction of sp³-hybridized carbons (Fsp3) is 0.400. The summed E-state index contributed by atoms with van der Waals surface area (Å²) in [5, 5.41) is 3.05. The predicted molar refractivity (Wildman–Crippen MR) is 103 cm³/mol. The minimum Gasteiger partial charge on any atom is -0.382 e. The van der Waals surface area contributed by atoms with Gasteiger partial charge in [-0.3, -0.25) is 9.59 Å². The molecule has 1 aromatic carbocycles. The lowest BCUT2D eigenvalue weighted by atomic mass is 9.89. The number of carbonyl (C=O) groups is 2. The van der Waals surface area contributed by atoms with Crippen LogP contribution >= 0.6 is 0 Å². The Morgan fingerprint density at radius 1 is 1.19 bits per heavy atom. The average molecular weight is 367 g/mol. The van der Waals surface area contributed by atoms with Gasteiger partial charge in [-0.25, -0.2) is 9.97 Å². The quantitative estimate of drug-likeness (QED) is 0.721. The highest BCUT2D eigenvalue weighted by atomic mass is 16.2. The third-order valence-corrected chi connectivity index (χ3v) is 4.93. The number of anilines is 1. The number of nitrogen functional groups attached to an aromatic ring is 1. The van der Waals surface area contributed by atoms with E-state index in [0.717, 1.165) is 12.1 Å². The number of aromatic nitrogens is 2. The molecule has 7 heteroatoms. The van der Waals surface area contributed by atoms with Crippen LogP contribution in [-0.4, -0.2) is 28.3 Å². The zero-order chi connectivity index (χ0) is 19.2. The van der Waals surface area contributed by atoms with Crippen molar-refractivity contribution in [2.24, 2.45) is 11.7 Å². The molecular weight excluding hydrogens is 342 g/mol. The van der Waals surface area contributed by atoms with E-state index in [2.05, 4.69) is 15.3 Å². The number of primary amides is 1. The summed E-state index contributed by atoms with van der Waals surface area (Å²) in [6.07, 6.45) is 8.14. The summed E-state index contributed by atoms with van der Waals surface area (Å²) in [6, 6.07) is 7.37. The summed E-state index contributed by atoms with van der Waals surface area (Å²) in [6.45, 7) is 0.731. The Hall–Kier alpha value is -2.96. The van der Waals surface area contributed by atoms with Crippen molar-refractivity contribution in [1.82, 2.24) is 15.3 Å². The zero-order valence-electron chi connectivity index (χ0n) is 15.3. The first kappa shape index (κ1) is 18.8. The van der Waals surface area contributed by atoms with Gasteiger partial charge >= 0.3 is 0 Å². The van der Waals surface area contributed by atoms with E-state index in [4.69, 9.17) is 11.5 Å². The molecule has 1 saturated carbocycles. The van der Waals surface area contributed by atoms with Crippen LogP contribution in [0.15, 0.2) is 30.5 Å². The van der Waals surface area contributed by atoms with Crippen LogP contribution in [0.2, 0.25) is 0 Å². The van der Waals surface area contributed by atoms with Gasteiger partial charge in [0, 0.05) is 18.5 Å². The van der Waals surface area contributed by atoms with E-state index in [9.17, 15) is 9.59 Å². The van der Waals surface area contributed by atoms with Crippen molar-refractivity contribution < 1.29 is 9.59 Å². The second-order valence-electron chi connectivity index (χ2n) is 7.05. The fourth-order valence-corrected chi connectivity index (χ4v) is 3.46. The SMILES string of the molecule is NC(=O)c1nc(Cc2cccc(C(=O)NCC3CCCCC3)c2)cnc1N. The molecule has 1 aliphatic carbocycles. The van der Waals surface area contributed by atoms with Gasteiger partial charge in [0.15, 0.2) is 11.5 Å². The Labute approximate surface area is 158 Å². The van der Waals surface area contributed by atoms with Crippen molar-refractivity contribution in [2.45, 2.75) is 38.5 Å². The average Bonchev–Trinajstić information content (AvgIpc) is 2.68. The van der Waals surface area contributed by atoms with Gasteiger partial charge in [0.25, 0.3) is 11.8 Å². The molecule has 2 aromatic rings. The molecular formula is C20H25N5O2. The van der Waals surface area contributed by atoms with Crippen molar-refractivity contribution in [1.29, 1.82) is 0 Å². The van der Waals surface area contributed by atoms with E-state index in [-0.39, 0.29) is 17.4 Å². The zero-order valence-corrected chi connectivity index (χ0v) is 15.3. The van der Waals surface area contributed by atoms with Gasteiger partial charge in [0.2, 0.25) is 0 Å². The number of nitrogens with zero attached hydrogens (tertiary/aromatic N) is 2. The number of hydrogen-bond donors (Lipinski definition) is 3. The molecule has 0 unspecified atom stereocenters. The second-order valence-corrected chi connectivity index (χ2v) is 7.05. The Kier molecular flexibility index (Phi) is 6.01. The molecule has 3 rings (SSSR count). The largest absolute Gasteiger partial charge is 0.382 e. The number of benzene rings is 1. The van der Waals surface area contributed by atoms with E-state index < -0.39 is 5.91 Å². The Morgan fingerprint density at radius 3 is 2.70 bits per heavy atom. The Morgan fingerprint density at radius 2 is 1.96 bits per heavy atom. The lowest BCUT2D eigenvalue weighted by Gasteiger charge is -2.21. The summed E-state index contributed by atoms with van der Waals surface area (Å²) in [4.78, 5) is 32.0. The molecule has 27 heavy (non-hydrogen) atoms. The maximum absolute atomic E-state index is 12.5.